The number of carboxylic acids is 1. The van der Waals surface area contributed by atoms with Crippen LogP contribution in [0.3, 0.4) is 0 Å². The van der Waals surface area contributed by atoms with E-state index >= 15 is 0 Å². The van der Waals surface area contributed by atoms with E-state index in [1.54, 1.807) is 13.8 Å². The van der Waals surface area contributed by atoms with Crippen molar-refractivity contribution in [3.05, 3.63) is 29.3 Å². The fraction of sp³-hybridized carbons (Fsp3) is 0.588. The van der Waals surface area contributed by atoms with Crippen LogP contribution in [0.5, 0.6) is 5.75 Å². The summed E-state index contributed by atoms with van der Waals surface area (Å²) in [6.07, 6.45) is 1.36. The van der Waals surface area contributed by atoms with E-state index in [4.69, 9.17) is 9.84 Å². The van der Waals surface area contributed by atoms with Crippen LogP contribution in [0.2, 0.25) is 0 Å². The predicted molar refractivity (Wildman–Crippen MR) is 81.4 cm³/mol. The quantitative estimate of drug-likeness (QED) is 0.752. The van der Waals surface area contributed by atoms with Gasteiger partial charge in [-0.3, -0.25) is 4.79 Å². The van der Waals surface area contributed by atoms with Crippen LogP contribution in [0, 0.1) is 12.3 Å². The van der Waals surface area contributed by atoms with Crippen LogP contribution in [0.4, 0.5) is 0 Å². The minimum atomic E-state index is -0.755. The second-order valence-electron chi connectivity index (χ2n) is 6.31. The second-order valence-corrected chi connectivity index (χ2v) is 6.31. The Morgan fingerprint density at radius 3 is 2.50 bits per heavy atom. The number of hydrogen-bond donors (Lipinski definition) is 1. The highest BCUT2D eigenvalue weighted by molar-refractivity contribution is 5.73. The van der Waals surface area contributed by atoms with Crippen LogP contribution in [-0.4, -0.2) is 17.7 Å². The zero-order valence-corrected chi connectivity index (χ0v) is 13.2. The number of aliphatic carboxylic acids is 1. The Bertz CT molecular complexity index is 461. The standard InChI is InChI=1S/C17H26O3/c1-12(2)15-8-7-14(11-13(15)3)20-10-6-9-17(4,5)16(18)19/h7-8,11-12H,6,9-10H2,1-5H3,(H,18,19). The molecule has 0 saturated carbocycles. The number of ether oxygens (including phenoxy) is 1. The van der Waals surface area contributed by atoms with Crippen LogP contribution in [-0.2, 0) is 4.79 Å². The van der Waals surface area contributed by atoms with Crippen molar-refractivity contribution < 1.29 is 14.6 Å². The topological polar surface area (TPSA) is 46.5 Å². The molecule has 0 atom stereocenters. The summed E-state index contributed by atoms with van der Waals surface area (Å²) in [4.78, 5) is 11.0. The fourth-order valence-electron chi connectivity index (χ4n) is 2.20. The van der Waals surface area contributed by atoms with Crippen molar-refractivity contribution in [2.75, 3.05) is 6.61 Å². The van der Waals surface area contributed by atoms with Gasteiger partial charge in [0, 0.05) is 0 Å². The molecule has 0 heterocycles. The monoisotopic (exact) mass is 278 g/mol. The lowest BCUT2D eigenvalue weighted by Gasteiger charge is -2.19. The van der Waals surface area contributed by atoms with Crippen molar-refractivity contribution in [3.8, 4) is 5.75 Å². The first kappa shape index (κ1) is 16.5. The molecule has 1 aromatic carbocycles. The molecule has 20 heavy (non-hydrogen) atoms. The molecule has 0 aromatic heterocycles. The Hall–Kier alpha value is -1.51. The van der Waals surface area contributed by atoms with Gasteiger partial charge in [0.15, 0.2) is 0 Å². The summed E-state index contributed by atoms with van der Waals surface area (Å²) in [5.41, 5.74) is 1.90. The van der Waals surface area contributed by atoms with Gasteiger partial charge in [0.1, 0.15) is 5.75 Å². The number of carbonyl (C=O) groups is 1. The molecule has 0 fully saturated rings. The van der Waals surface area contributed by atoms with E-state index in [-0.39, 0.29) is 0 Å². The lowest BCUT2D eigenvalue weighted by Crippen LogP contribution is -2.24. The van der Waals surface area contributed by atoms with Crippen molar-refractivity contribution in [1.29, 1.82) is 0 Å². The van der Waals surface area contributed by atoms with Crippen LogP contribution in [0.1, 0.15) is 57.6 Å². The molecule has 0 saturated heterocycles. The molecule has 0 aliphatic heterocycles. The SMILES string of the molecule is Cc1cc(OCCCC(C)(C)C(=O)O)ccc1C(C)C. The Balaban J connectivity index is 2.47. The maximum absolute atomic E-state index is 11.0. The van der Waals surface area contributed by atoms with Crippen molar-refractivity contribution in [3.63, 3.8) is 0 Å². The average molecular weight is 278 g/mol. The van der Waals surface area contributed by atoms with E-state index in [0.29, 0.717) is 18.9 Å². The summed E-state index contributed by atoms with van der Waals surface area (Å²) < 4.78 is 5.70. The molecule has 112 valence electrons. The highest BCUT2D eigenvalue weighted by Gasteiger charge is 2.26. The minimum Gasteiger partial charge on any atom is -0.494 e. The molecule has 1 N–H and O–H groups in total. The van der Waals surface area contributed by atoms with Gasteiger partial charge in [-0.1, -0.05) is 19.9 Å². The molecular weight excluding hydrogens is 252 g/mol. The lowest BCUT2D eigenvalue weighted by molar-refractivity contribution is -0.147. The van der Waals surface area contributed by atoms with Gasteiger partial charge in [0.2, 0.25) is 0 Å². The van der Waals surface area contributed by atoms with Gasteiger partial charge in [0.25, 0.3) is 0 Å². The first-order valence-corrected chi connectivity index (χ1v) is 7.21. The molecule has 0 unspecified atom stereocenters. The zero-order valence-electron chi connectivity index (χ0n) is 13.2. The van der Waals surface area contributed by atoms with E-state index < -0.39 is 11.4 Å². The molecule has 0 amide bonds. The number of carboxylic acid groups (broad SMARTS) is 1. The smallest absolute Gasteiger partial charge is 0.309 e. The summed E-state index contributed by atoms with van der Waals surface area (Å²) >= 11 is 0. The molecule has 3 nitrogen and oxygen atoms in total. The summed E-state index contributed by atoms with van der Waals surface area (Å²) in [5.74, 6) is 0.620. The van der Waals surface area contributed by atoms with Crippen molar-refractivity contribution in [2.24, 2.45) is 5.41 Å². The van der Waals surface area contributed by atoms with E-state index in [0.717, 1.165) is 12.2 Å². The molecule has 0 aliphatic rings. The minimum absolute atomic E-state index is 0.514. The molecule has 1 aromatic rings. The lowest BCUT2D eigenvalue weighted by atomic mass is 9.88. The third kappa shape index (κ3) is 4.55. The number of benzene rings is 1. The maximum atomic E-state index is 11.0. The Morgan fingerprint density at radius 1 is 1.35 bits per heavy atom. The second kappa shape index (κ2) is 6.78. The van der Waals surface area contributed by atoms with Gasteiger partial charge in [-0.05, 0) is 62.8 Å². The predicted octanol–water partition coefficient (Wildman–Crippen LogP) is 4.39. The summed E-state index contributed by atoms with van der Waals surface area (Å²) in [6, 6.07) is 6.15. The van der Waals surface area contributed by atoms with Gasteiger partial charge in [-0.25, -0.2) is 0 Å². The molecule has 0 bridgehead atoms. The first-order valence-electron chi connectivity index (χ1n) is 7.21. The van der Waals surface area contributed by atoms with Gasteiger partial charge in [-0.15, -0.1) is 0 Å². The average Bonchev–Trinajstić information content (AvgIpc) is 2.34. The van der Waals surface area contributed by atoms with Crippen LogP contribution in [0.25, 0.3) is 0 Å². The number of hydrogen-bond acceptors (Lipinski definition) is 2. The van der Waals surface area contributed by atoms with Gasteiger partial charge >= 0.3 is 5.97 Å². The van der Waals surface area contributed by atoms with Crippen LogP contribution in [0.15, 0.2) is 18.2 Å². The molecule has 0 spiro atoms. The highest BCUT2D eigenvalue weighted by atomic mass is 16.5. The summed E-state index contributed by atoms with van der Waals surface area (Å²) in [7, 11) is 0. The third-order valence-electron chi connectivity index (χ3n) is 3.66. The zero-order chi connectivity index (χ0) is 15.3. The Kier molecular flexibility index (Phi) is 5.61. The number of aryl methyl sites for hydroxylation is 1. The van der Waals surface area contributed by atoms with Gasteiger partial charge < -0.3 is 9.84 Å². The fourth-order valence-corrected chi connectivity index (χ4v) is 2.20. The Morgan fingerprint density at radius 2 is 2.00 bits per heavy atom. The van der Waals surface area contributed by atoms with E-state index in [2.05, 4.69) is 32.9 Å². The van der Waals surface area contributed by atoms with E-state index in [1.165, 1.54) is 11.1 Å². The summed E-state index contributed by atoms with van der Waals surface area (Å²) in [5, 5.41) is 9.04. The molecule has 1 rings (SSSR count). The van der Waals surface area contributed by atoms with E-state index in [1.807, 2.05) is 6.07 Å². The highest BCUT2D eigenvalue weighted by Crippen LogP contribution is 2.25. The normalized spacial score (nSPS) is 11.7. The summed E-state index contributed by atoms with van der Waals surface area (Å²) in [6.45, 7) is 10.5. The molecular formula is C17H26O3. The Labute approximate surface area is 122 Å². The first-order chi connectivity index (χ1) is 9.24. The number of rotatable bonds is 7. The van der Waals surface area contributed by atoms with Crippen molar-refractivity contribution >= 4 is 5.97 Å². The van der Waals surface area contributed by atoms with Crippen LogP contribution < -0.4 is 4.74 Å². The van der Waals surface area contributed by atoms with Gasteiger partial charge in [-0.2, -0.15) is 0 Å². The molecule has 0 aliphatic carbocycles. The third-order valence-corrected chi connectivity index (χ3v) is 3.66. The van der Waals surface area contributed by atoms with Crippen LogP contribution >= 0.6 is 0 Å². The van der Waals surface area contributed by atoms with Gasteiger partial charge in [0.05, 0.1) is 12.0 Å². The van der Waals surface area contributed by atoms with Crippen molar-refractivity contribution in [2.45, 2.75) is 53.4 Å². The molecule has 3 heteroatoms. The maximum Gasteiger partial charge on any atom is 0.309 e. The largest absolute Gasteiger partial charge is 0.494 e. The molecule has 0 radical (unpaired) electrons. The van der Waals surface area contributed by atoms with Crippen molar-refractivity contribution in [1.82, 2.24) is 0 Å². The van der Waals surface area contributed by atoms with E-state index in [9.17, 15) is 4.79 Å².